The zero-order valence-corrected chi connectivity index (χ0v) is 11.0. The SMILES string of the molecule is N#Cc1ccc(Oc2nccc(C#N)c2Cl)c([N+](=O)[O-])c1. The second kappa shape index (κ2) is 5.87. The molecule has 0 saturated carbocycles. The van der Waals surface area contributed by atoms with Crippen LogP contribution in [0.3, 0.4) is 0 Å². The Kier molecular flexibility index (Phi) is 3.98. The van der Waals surface area contributed by atoms with Gasteiger partial charge in [-0.1, -0.05) is 11.6 Å². The van der Waals surface area contributed by atoms with E-state index in [1.165, 1.54) is 24.4 Å². The molecule has 1 aromatic heterocycles. The third kappa shape index (κ3) is 2.89. The van der Waals surface area contributed by atoms with Crippen molar-refractivity contribution in [3.63, 3.8) is 0 Å². The maximum atomic E-state index is 11.0. The molecular weight excluding hydrogens is 296 g/mol. The van der Waals surface area contributed by atoms with Gasteiger partial charge in [0.05, 0.1) is 22.1 Å². The molecular formula is C13H5ClN4O3. The predicted molar refractivity (Wildman–Crippen MR) is 71.8 cm³/mol. The Hall–Kier alpha value is -3.16. The fraction of sp³-hybridized carbons (Fsp3) is 0. The summed E-state index contributed by atoms with van der Waals surface area (Å²) in [6.07, 6.45) is 1.30. The number of halogens is 1. The number of aromatic nitrogens is 1. The zero-order valence-electron chi connectivity index (χ0n) is 10.3. The highest BCUT2D eigenvalue weighted by atomic mass is 35.5. The number of ether oxygens (including phenoxy) is 1. The first-order valence-electron chi connectivity index (χ1n) is 5.48. The lowest BCUT2D eigenvalue weighted by Crippen LogP contribution is -1.96. The van der Waals surface area contributed by atoms with Crippen molar-refractivity contribution in [1.29, 1.82) is 10.5 Å². The Labute approximate surface area is 123 Å². The quantitative estimate of drug-likeness (QED) is 0.635. The molecule has 1 heterocycles. The average Bonchev–Trinajstić information content (AvgIpc) is 2.49. The molecule has 1 aromatic carbocycles. The fourth-order valence-electron chi connectivity index (χ4n) is 1.50. The zero-order chi connectivity index (χ0) is 15.4. The molecule has 0 unspecified atom stereocenters. The Balaban J connectivity index is 2.48. The van der Waals surface area contributed by atoms with Crippen LogP contribution in [0.4, 0.5) is 5.69 Å². The first-order chi connectivity index (χ1) is 10.1. The van der Waals surface area contributed by atoms with Crippen molar-refractivity contribution in [2.45, 2.75) is 0 Å². The van der Waals surface area contributed by atoms with E-state index in [0.29, 0.717) is 0 Å². The number of benzene rings is 1. The van der Waals surface area contributed by atoms with Gasteiger partial charge in [-0.15, -0.1) is 0 Å². The summed E-state index contributed by atoms with van der Waals surface area (Å²) in [5, 5.41) is 28.6. The minimum atomic E-state index is -0.682. The smallest absolute Gasteiger partial charge is 0.312 e. The molecule has 0 bridgehead atoms. The van der Waals surface area contributed by atoms with Crippen LogP contribution in [0.15, 0.2) is 30.5 Å². The van der Waals surface area contributed by atoms with Crippen LogP contribution < -0.4 is 4.74 Å². The number of hydrogen-bond acceptors (Lipinski definition) is 6. The van der Waals surface area contributed by atoms with E-state index in [9.17, 15) is 10.1 Å². The Morgan fingerprint density at radius 3 is 2.67 bits per heavy atom. The topological polar surface area (TPSA) is 113 Å². The summed E-state index contributed by atoms with van der Waals surface area (Å²) in [5.41, 5.74) is -0.133. The van der Waals surface area contributed by atoms with Crippen molar-refractivity contribution < 1.29 is 9.66 Å². The van der Waals surface area contributed by atoms with Gasteiger partial charge >= 0.3 is 5.69 Å². The van der Waals surface area contributed by atoms with E-state index in [1.807, 2.05) is 6.07 Å². The van der Waals surface area contributed by atoms with Gasteiger partial charge in [-0.25, -0.2) is 4.98 Å². The molecule has 0 fully saturated rings. The number of nitrogens with zero attached hydrogens (tertiary/aromatic N) is 4. The van der Waals surface area contributed by atoms with Gasteiger partial charge < -0.3 is 4.74 Å². The van der Waals surface area contributed by atoms with Crippen molar-refractivity contribution in [2.75, 3.05) is 0 Å². The molecule has 0 radical (unpaired) electrons. The van der Waals surface area contributed by atoms with Gasteiger partial charge in [0, 0.05) is 12.3 Å². The molecule has 0 aliphatic heterocycles. The second-order valence-electron chi connectivity index (χ2n) is 3.74. The number of nitriles is 2. The van der Waals surface area contributed by atoms with Crippen molar-refractivity contribution >= 4 is 17.3 Å². The molecule has 21 heavy (non-hydrogen) atoms. The van der Waals surface area contributed by atoms with Crippen LogP contribution in [0.5, 0.6) is 11.6 Å². The Morgan fingerprint density at radius 2 is 2.05 bits per heavy atom. The largest absolute Gasteiger partial charge is 0.430 e. The highest BCUT2D eigenvalue weighted by Crippen LogP contribution is 2.35. The Bertz CT molecular complexity index is 808. The minimum absolute atomic E-state index is 0.0429. The van der Waals surface area contributed by atoms with Crippen molar-refractivity contribution in [2.24, 2.45) is 0 Å². The average molecular weight is 301 g/mol. The summed E-state index contributed by atoms with van der Waals surface area (Å²) in [6.45, 7) is 0. The minimum Gasteiger partial charge on any atom is -0.430 e. The van der Waals surface area contributed by atoms with Gasteiger partial charge in [0.15, 0.2) is 0 Å². The normalized spacial score (nSPS) is 9.48. The van der Waals surface area contributed by atoms with E-state index in [-0.39, 0.29) is 27.8 Å². The van der Waals surface area contributed by atoms with Gasteiger partial charge in [0.2, 0.25) is 11.6 Å². The van der Waals surface area contributed by atoms with E-state index < -0.39 is 10.6 Å². The van der Waals surface area contributed by atoms with Crippen molar-refractivity contribution in [1.82, 2.24) is 4.98 Å². The van der Waals surface area contributed by atoms with Crippen LogP contribution in [0.2, 0.25) is 5.02 Å². The molecule has 0 N–H and O–H groups in total. The first-order valence-corrected chi connectivity index (χ1v) is 5.85. The second-order valence-corrected chi connectivity index (χ2v) is 4.12. The van der Waals surface area contributed by atoms with E-state index in [4.69, 9.17) is 26.9 Å². The van der Waals surface area contributed by atoms with Gasteiger partial charge in [-0.05, 0) is 18.2 Å². The number of rotatable bonds is 3. The van der Waals surface area contributed by atoms with Gasteiger partial charge in [-0.3, -0.25) is 10.1 Å². The third-order valence-electron chi connectivity index (χ3n) is 2.47. The number of nitro benzene ring substituents is 1. The number of pyridine rings is 1. The summed E-state index contributed by atoms with van der Waals surface area (Å²) in [4.78, 5) is 14.1. The molecule has 0 spiro atoms. The molecule has 2 aromatic rings. The van der Waals surface area contributed by atoms with Crippen LogP contribution in [-0.2, 0) is 0 Å². The van der Waals surface area contributed by atoms with Crippen molar-refractivity contribution in [3.05, 3.63) is 56.7 Å². The monoisotopic (exact) mass is 300 g/mol. The molecule has 0 aliphatic carbocycles. The van der Waals surface area contributed by atoms with Crippen LogP contribution >= 0.6 is 11.6 Å². The van der Waals surface area contributed by atoms with Crippen LogP contribution in [0.1, 0.15) is 11.1 Å². The molecule has 8 heteroatoms. The van der Waals surface area contributed by atoms with Crippen LogP contribution in [0, 0.1) is 32.8 Å². The predicted octanol–water partition coefficient (Wildman–Crippen LogP) is 3.18. The van der Waals surface area contributed by atoms with E-state index in [0.717, 1.165) is 6.07 Å². The molecule has 2 rings (SSSR count). The lowest BCUT2D eigenvalue weighted by molar-refractivity contribution is -0.385. The van der Waals surface area contributed by atoms with Crippen molar-refractivity contribution in [3.8, 4) is 23.8 Å². The summed E-state index contributed by atoms with van der Waals surface area (Å²) in [5.74, 6) is -0.244. The standard InChI is InChI=1S/C13H5ClN4O3/c14-12-9(7-16)3-4-17-13(12)21-11-2-1-8(6-15)5-10(11)18(19)20/h1-5H. The summed E-state index contributed by atoms with van der Waals surface area (Å²) in [6, 6.07) is 8.76. The molecule has 0 aliphatic rings. The van der Waals surface area contributed by atoms with E-state index in [2.05, 4.69) is 4.98 Å². The van der Waals surface area contributed by atoms with E-state index in [1.54, 1.807) is 6.07 Å². The first kappa shape index (κ1) is 14.3. The maximum Gasteiger partial charge on any atom is 0.312 e. The molecule has 102 valence electrons. The molecule has 0 atom stereocenters. The Morgan fingerprint density at radius 1 is 1.29 bits per heavy atom. The van der Waals surface area contributed by atoms with E-state index >= 15 is 0 Å². The van der Waals surface area contributed by atoms with Gasteiger partial charge in [0.25, 0.3) is 0 Å². The van der Waals surface area contributed by atoms with Crippen LogP contribution in [0.25, 0.3) is 0 Å². The van der Waals surface area contributed by atoms with Gasteiger partial charge in [-0.2, -0.15) is 10.5 Å². The summed E-state index contributed by atoms with van der Waals surface area (Å²) >= 11 is 5.92. The van der Waals surface area contributed by atoms with Gasteiger partial charge in [0.1, 0.15) is 11.1 Å². The highest BCUT2D eigenvalue weighted by molar-refractivity contribution is 6.33. The molecule has 0 saturated heterocycles. The molecule has 7 nitrogen and oxygen atoms in total. The third-order valence-corrected chi connectivity index (χ3v) is 2.83. The fourth-order valence-corrected chi connectivity index (χ4v) is 1.69. The molecule has 0 amide bonds. The highest BCUT2D eigenvalue weighted by Gasteiger charge is 2.19. The van der Waals surface area contributed by atoms with Crippen LogP contribution in [-0.4, -0.2) is 9.91 Å². The number of nitro groups is 1. The lowest BCUT2D eigenvalue weighted by Gasteiger charge is -2.07. The summed E-state index contributed by atoms with van der Waals surface area (Å²) < 4.78 is 5.30. The maximum absolute atomic E-state index is 11.0. The summed E-state index contributed by atoms with van der Waals surface area (Å²) in [7, 11) is 0. The number of hydrogen-bond donors (Lipinski definition) is 0. The lowest BCUT2D eigenvalue weighted by atomic mass is 10.2.